The van der Waals surface area contributed by atoms with Gasteiger partial charge in [-0.2, -0.15) is 0 Å². The summed E-state index contributed by atoms with van der Waals surface area (Å²) in [5.74, 6) is 5.28. The molecule has 0 aliphatic heterocycles. The third-order valence-electron chi connectivity index (χ3n) is 3.40. The molecule has 0 fully saturated rings. The molecule has 2 rings (SSSR count). The summed E-state index contributed by atoms with van der Waals surface area (Å²) in [5, 5.41) is 11.6. The van der Waals surface area contributed by atoms with Gasteiger partial charge in [-0.25, -0.2) is 0 Å². The van der Waals surface area contributed by atoms with E-state index in [4.69, 9.17) is 5.11 Å². The van der Waals surface area contributed by atoms with Crippen LogP contribution >= 0.6 is 0 Å². The Morgan fingerprint density at radius 3 is 2.67 bits per heavy atom. The molecule has 0 radical (unpaired) electrons. The summed E-state index contributed by atoms with van der Waals surface area (Å²) in [4.78, 5) is 12.3. The number of aryl methyl sites for hydroxylation is 2. The molecular weight excluding hydrogens is 264 g/mol. The number of anilines is 1. The topological polar surface area (TPSA) is 54.3 Å². The van der Waals surface area contributed by atoms with Gasteiger partial charge >= 0.3 is 0 Å². The lowest BCUT2D eigenvalue weighted by molar-refractivity contribution is 0.101. The molecule has 0 atom stereocenters. The van der Waals surface area contributed by atoms with Crippen LogP contribution in [0.1, 0.15) is 27.3 Å². The van der Waals surface area contributed by atoms with Gasteiger partial charge in [0.2, 0.25) is 0 Å². The first kappa shape index (κ1) is 14.9. The minimum absolute atomic E-state index is 0.152. The van der Waals surface area contributed by atoms with E-state index in [2.05, 4.69) is 17.2 Å². The zero-order chi connectivity index (χ0) is 15.4. The molecule has 2 N–H and O–H groups in total. The second kappa shape index (κ2) is 6.29. The van der Waals surface area contributed by atoms with Gasteiger partial charge in [-0.3, -0.25) is 4.79 Å². The summed E-state index contributed by atoms with van der Waals surface area (Å²) in [6.07, 6.45) is 0. The van der Waals surface area contributed by atoms with Crippen LogP contribution in [0.5, 0.6) is 0 Å². The summed E-state index contributed by atoms with van der Waals surface area (Å²) < 4.78 is 1.85. The van der Waals surface area contributed by atoms with E-state index >= 15 is 0 Å². The van der Waals surface area contributed by atoms with Gasteiger partial charge in [-0.05, 0) is 43.7 Å². The number of amides is 1. The number of rotatable bonds is 2. The largest absolute Gasteiger partial charge is 0.384 e. The minimum Gasteiger partial charge on any atom is -0.384 e. The Morgan fingerprint density at radius 1 is 1.29 bits per heavy atom. The highest BCUT2D eigenvalue weighted by Gasteiger charge is 2.12. The molecule has 1 heterocycles. The van der Waals surface area contributed by atoms with Crippen LogP contribution in [0.15, 0.2) is 30.3 Å². The van der Waals surface area contributed by atoms with Crippen molar-refractivity contribution in [2.45, 2.75) is 13.8 Å². The van der Waals surface area contributed by atoms with Crippen LogP contribution in [0.3, 0.4) is 0 Å². The SMILES string of the molecule is Cc1ccc(C#CCO)cc1NC(=O)c1ccc(C)n1C. The number of carbonyl (C=O) groups is 1. The molecule has 108 valence electrons. The van der Waals surface area contributed by atoms with Gasteiger partial charge in [0.15, 0.2) is 0 Å². The van der Waals surface area contributed by atoms with E-state index < -0.39 is 0 Å². The number of nitrogens with one attached hydrogen (secondary N) is 1. The van der Waals surface area contributed by atoms with Crippen molar-refractivity contribution in [3.05, 3.63) is 52.8 Å². The molecule has 0 saturated carbocycles. The van der Waals surface area contributed by atoms with E-state index in [0.29, 0.717) is 5.69 Å². The van der Waals surface area contributed by atoms with Gasteiger partial charge in [0.05, 0.1) is 0 Å². The molecule has 1 amide bonds. The number of aromatic nitrogens is 1. The van der Waals surface area contributed by atoms with Gasteiger partial charge in [0.1, 0.15) is 12.3 Å². The zero-order valence-electron chi connectivity index (χ0n) is 12.4. The molecule has 1 aromatic heterocycles. The lowest BCUT2D eigenvalue weighted by atomic mass is 10.1. The summed E-state index contributed by atoms with van der Waals surface area (Å²) in [6.45, 7) is 3.69. The van der Waals surface area contributed by atoms with E-state index in [-0.39, 0.29) is 12.5 Å². The van der Waals surface area contributed by atoms with Crippen LogP contribution < -0.4 is 5.32 Å². The third-order valence-corrected chi connectivity index (χ3v) is 3.40. The molecular formula is C17H18N2O2. The van der Waals surface area contributed by atoms with E-state index in [0.717, 1.165) is 22.5 Å². The molecule has 0 saturated heterocycles. The van der Waals surface area contributed by atoms with Crippen molar-refractivity contribution in [3.8, 4) is 11.8 Å². The smallest absolute Gasteiger partial charge is 0.272 e. The fraction of sp³-hybridized carbons (Fsp3) is 0.235. The maximum absolute atomic E-state index is 12.3. The lowest BCUT2D eigenvalue weighted by Gasteiger charge is -2.10. The predicted molar refractivity (Wildman–Crippen MR) is 83.2 cm³/mol. The summed E-state index contributed by atoms with van der Waals surface area (Å²) in [6, 6.07) is 9.28. The van der Waals surface area contributed by atoms with Crippen LogP contribution in [-0.4, -0.2) is 22.2 Å². The number of nitrogens with zero attached hydrogens (tertiary/aromatic N) is 1. The first-order chi connectivity index (χ1) is 10.0. The Balaban J connectivity index is 2.26. The number of carbonyl (C=O) groups excluding carboxylic acids is 1. The molecule has 0 aliphatic rings. The molecule has 4 heteroatoms. The quantitative estimate of drug-likeness (QED) is 0.830. The third kappa shape index (κ3) is 3.33. The highest BCUT2D eigenvalue weighted by Crippen LogP contribution is 2.18. The first-order valence-electron chi connectivity index (χ1n) is 6.67. The summed E-state index contributed by atoms with van der Waals surface area (Å²) in [7, 11) is 1.86. The molecule has 21 heavy (non-hydrogen) atoms. The van der Waals surface area contributed by atoms with E-state index in [1.54, 1.807) is 6.07 Å². The Morgan fingerprint density at radius 2 is 2.05 bits per heavy atom. The fourth-order valence-electron chi connectivity index (χ4n) is 2.00. The molecule has 2 aromatic rings. The maximum Gasteiger partial charge on any atom is 0.272 e. The van der Waals surface area contributed by atoms with Crippen LogP contribution in [0.25, 0.3) is 0 Å². The first-order valence-corrected chi connectivity index (χ1v) is 6.67. The molecule has 0 unspecified atom stereocenters. The average molecular weight is 282 g/mol. The van der Waals surface area contributed by atoms with Crippen molar-refractivity contribution in [2.75, 3.05) is 11.9 Å². The predicted octanol–water partition coefficient (Wildman–Crippen LogP) is 2.24. The van der Waals surface area contributed by atoms with Crippen molar-refractivity contribution in [1.82, 2.24) is 4.57 Å². The van der Waals surface area contributed by atoms with Crippen molar-refractivity contribution < 1.29 is 9.90 Å². The van der Waals surface area contributed by atoms with Crippen molar-refractivity contribution in [2.24, 2.45) is 7.05 Å². The maximum atomic E-state index is 12.3. The van der Waals surface area contributed by atoms with Gasteiger partial charge in [-0.15, -0.1) is 0 Å². The van der Waals surface area contributed by atoms with Crippen LogP contribution in [-0.2, 0) is 7.05 Å². The number of hydrogen-bond donors (Lipinski definition) is 2. The second-order valence-corrected chi connectivity index (χ2v) is 4.86. The minimum atomic E-state index is -0.182. The normalized spacial score (nSPS) is 9.90. The van der Waals surface area contributed by atoms with Crippen LogP contribution in [0.2, 0.25) is 0 Å². The van der Waals surface area contributed by atoms with Gasteiger partial charge in [0, 0.05) is 24.0 Å². The Bertz CT molecular complexity index is 733. The summed E-state index contributed by atoms with van der Waals surface area (Å²) in [5.41, 5.74) is 4.08. The van der Waals surface area contributed by atoms with Gasteiger partial charge in [0.25, 0.3) is 5.91 Å². The second-order valence-electron chi connectivity index (χ2n) is 4.86. The van der Waals surface area contributed by atoms with Crippen molar-refractivity contribution >= 4 is 11.6 Å². The molecule has 0 spiro atoms. The molecule has 4 nitrogen and oxygen atoms in total. The number of aliphatic hydroxyl groups is 1. The lowest BCUT2D eigenvalue weighted by Crippen LogP contribution is -2.16. The van der Waals surface area contributed by atoms with Crippen LogP contribution in [0, 0.1) is 25.7 Å². The highest BCUT2D eigenvalue weighted by atomic mass is 16.2. The Labute approximate surface area is 124 Å². The number of hydrogen-bond acceptors (Lipinski definition) is 2. The standard InChI is InChI=1S/C17H18N2O2/c1-12-6-8-14(5-4-10-20)11-15(12)18-17(21)16-9-7-13(2)19(16)3/h6-9,11,20H,10H2,1-3H3,(H,18,21). The molecule has 1 aromatic carbocycles. The highest BCUT2D eigenvalue weighted by molar-refractivity contribution is 6.03. The van der Waals surface area contributed by atoms with Gasteiger partial charge in [-0.1, -0.05) is 17.9 Å². The van der Waals surface area contributed by atoms with E-state index in [1.165, 1.54) is 0 Å². The zero-order valence-corrected chi connectivity index (χ0v) is 12.4. The van der Waals surface area contributed by atoms with Crippen LogP contribution in [0.4, 0.5) is 5.69 Å². The number of benzene rings is 1. The Kier molecular flexibility index (Phi) is 4.46. The molecule has 0 aliphatic carbocycles. The monoisotopic (exact) mass is 282 g/mol. The number of aliphatic hydroxyl groups excluding tert-OH is 1. The Hall–Kier alpha value is -2.51. The molecule has 0 bridgehead atoms. The summed E-state index contributed by atoms with van der Waals surface area (Å²) >= 11 is 0. The van der Waals surface area contributed by atoms with E-state index in [1.807, 2.05) is 49.7 Å². The van der Waals surface area contributed by atoms with Crippen molar-refractivity contribution in [1.29, 1.82) is 0 Å². The average Bonchev–Trinajstić information content (AvgIpc) is 2.80. The fourth-order valence-corrected chi connectivity index (χ4v) is 2.00. The van der Waals surface area contributed by atoms with Gasteiger partial charge < -0.3 is 15.0 Å². The van der Waals surface area contributed by atoms with E-state index in [9.17, 15) is 4.79 Å². The van der Waals surface area contributed by atoms with Crippen molar-refractivity contribution in [3.63, 3.8) is 0 Å².